The molecule has 32 heavy (non-hydrogen) atoms. The number of thioether (sulfide) groups is 1. The number of aromatic nitrogens is 3. The molecular formula is C24H24N4O3S. The van der Waals surface area contributed by atoms with Gasteiger partial charge in [0.25, 0.3) is 0 Å². The highest BCUT2D eigenvalue weighted by Crippen LogP contribution is 2.36. The average molecular weight is 449 g/mol. The number of carbonyl (C=O) groups excluding carboxylic acids is 1. The van der Waals surface area contributed by atoms with Gasteiger partial charge in [0.05, 0.1) is 5.75 Å². The second-order valence-electron chi connectivity index (χ2n) is 7.84. The van der Waals surface area contributed by atoms with E-state index in [2.05, 4.69) is 29.8 Å². The number of hydrogen-bond acceptors (Lipinski definition) is 6. The van der Waals surface area contributed by atoms with Crippen LogP contribution in [0, 0.1) is 0 Å². The van der Waals surface area contributed by atoms with Gasteiger partial charge in [-0.15, -0.1) is 16.8 Å². The monoisotopic (exact) mass is 448 g/mol. The van der Waals surface area contributed by atoms with Gasteiger partial charge in [0, 0.05) is 18.3 Å². The molecule has 1 amide bonds. The highest BCUT2D eigenvalue weighted by molar-refractivity contribution is 7.99. The van der Waals surface area contributed by atoms with Crippen LogP contribution in [0.3, 0.4) is 0 Å². The summed E-state index contributed by atoms with van der Waals surface area (Å²) >= 11 is 1.38. The molecule has 2 aromatic carbocycles. The van der Waals surface area contributed by atoms with Crippen LogP contribution in [-0.4, -0.2) is 39.1 Å². The zero-order valence-corrected chi connectivity index (χ0v) is 18.6. The van der Waals surface area contributed by atoms with E-state index in [-0.39, 0.29) is 23.8 Å². The van der Waals surface area contributed by atoms with E-state index in [4.69, 9.17) is 9.47 Å². The predicted molar refractivity (Wildman–Crippen MR) is 123 cm³/mol. The summed E-state index contributed by atoms with van der Waals surface area (Å²) in [4.78, 5) is 15.0. The number of carbonyl (C=O) groups is 1. The number of allylic oxidation sites excluding steroid dienone is 1. The number of benzene rings is 2. The normalized spacial score (nSPS) is 19.0. The topological polar surface area (TPSA) is 69.5 Å². The third-order valence-electron chi connectivity index (χ3n) is 5.65. The third-order valence-corrected chi connectivity index (χ3v) is 6.61. The van der Waals surface area contributed by atoms with Gasteiger partial charge in [-0.3, -0.25) is 9.36 Å². The molecule has 0 aliphatic carbocycles. The van der Waals surface area contributed by atoms with E-state index >= 15 is 0 Å². The van der Waals surface area contributed by atoms with Crippen LogP contribution >= 0.6 is 11.8 Å². The number of fused-ring (bicyclic) bond motifs is 2. The van der Waals surface area contributed by atoms with Gasteiger partial charge in [0.1, 0.15) is 6.61 Å². The van der Waals surface area contributed by atoms with Crippen LogP contribution in [0.2, 0.25) is 0 Å². The lowest BCUT2D eigenvalue weighted by atomic mass is 10.1. The van der Waals surface area contributed by atoms with Crippen molar-refractivity contribution >= 4 is 23.4 Å². The molecule has 0 fully saturated rings. The van der Waals surface area contributed by atoms with E-state index in [0.717, 1.165) is 17.9 Å². The molecule has 2 aliphatic rings. The minimum Gasteiger partial charge on any atom is -0.485 e. The molecule has 7 nitrogen and oxygen atoms in total. The highest BCUT2D eigenvalue weighted by atomic mass is 32.2. The zero-order valence-electron chi connectivity index (χ0n) is 17.8. The summed E-state index contributed by atoms with van der Waals surface area (Å²) in [6, 6.07) is 15.8. The molecule has 8 heteroatoms. The zero-order chi connectivity index (χ0) is 22.1. The predicted octanol–water partition coefficient (Wildman–Crippen LogP) is 4.05. The first-order chi connectivity index (χ1) is 15.7. The fraction of sp³-hybridized carbons (Fsp3) is 0.292. The molecule has 5 rings (SSSR count). The molecule has 0 spiro atoms. The molecule has 0 bridgehead atoms. The Kier molecular flexibility index (Phi) is 5.61. The Morgan fingerprint density at radius 3 is 2.81 bits per heavy atom. The smallest absolute Gasteiger partial charge is 0.237 e. The molecule has 164 valence electrons. The Hall–Kier alpha value is -3.26. The van der Waals surface area contributed by atoms with Crippen molar-refractivity contribution < 1.29 is 14.3 Å². The van der Waals surface area contributed by atoms with Crippen molar-refractivity contribution in [3.63, 3.8) is 0 Å². The highest BCUT2D eigenvalue weighted by Gasteiger charge is 2.32. The third kappa shape index (κ3) is 3.75. The fourth-order valence-corrected chi connectivity index (χ4v) is 5.05. The van der Waals surface area contributed by atoms with Gasteiger partial charge in [-0.2, -0.15) is 0 Å². The molecular weight excluding hydrogens is 424 g/mol. The van der Waals surface area contributed by atoms with Crippen molar-refractivity contribution in [2.24, 2.45) is 0 Å². The summed E-state index contributed by atoms with van der Waals surface area (Å²) in [6.07, 6.45) is 2.28. The van der Waals surface area contributed by atoms with Crippen molar-refractivity contribution in [3.8, 4) is 11.5 Å². The van der Waals surface area contributed by atoms with Crippen LogP contribution in [0.5, 0.6) is 11.5 Å². The first kappa shape index (κ1) is 20.6. The maximum absolute atomic E-state index is 13.1. The Bertz CT molecular complexity index is 1160. The first-order valence-corrected chi connectivity index (χ1v) is 11.6. The Morgan fingerprint density at radius 1 is 1.19 bits per heavy atom. The van der Waals surface area contributed by atoms with Crippen molar-refractivity contribution in [3.05, 3.63) is 72.6 Å². The van der Waals surface area contributed by atoms with Gasteiger partial charge < -0.3 is 14.4 Å². The second-order valence-corrected chi connectivity index (χ2v) is 8.78. The fourth-order valence-electron chi connectivity index (χ4n) is 4.23. The molecule has 3 heterocycles. The van der Waals surface area contributed by atoms with Gasteiger partial charge in [-0.1, -0.05) is 48.2 Å². The van der Waals surface area contributed by atoms with Crippen molar-refractivity contribution in [1.82, 2.24) is 14.8 Å². The van der Waals surface area contributed by atoms with Crippen molar-refractivity contribution in [2.75, 3.05) is 17.3 Å². The minimum absolute atomic E-state index is 0.0633. The van der Waals surface area contributed by atoms with Crippen LogP contribution < -0.4 is 14.4 Å². The summed E-state index contributed by atoms with van der Waals surface area (Å²) in [5.41, 5.74) is 2.22. The van der Waals surface area contributed by atoms with Crippen LogP contribution in [-0.2, 0) is 17.8 Å². The van der Waals surface area contributed by atoms with Crippen LogP contribution in [0.15, 0.2) is 66.3 Å². The lowest BCUT2D eigenvalue weighted by Crippen LogP contribution is -2.37. The molecule has 3 aromatic rings. The molecule has 0 radical (unpaired) electrons. The molecule has 0 N–H and O–H groups in total. The number of amides is 1. The number of ether oxygens (including phenoxy) is 2. The maximum atomic E-state index is 13.1. The van der Waals surface area contributed by atoms with Gasteiger partial charge in [-0.05, 0) is 37.1 Å². The summed E-state index contributed by atoms with van der Waals surface area (Å²) in [5, 5.41) is 9.38. The van der Waals surface area contributed by atoms with Crippen molar-refractivity contribution in [1.29, 1.82) is 0 Å². The number of rotatable bonds is 6. The summed E-state index contributed by atoms with van der Waals surface area (Å²) < 4.78 is 13.9. The molecule has 2 atom stereocenters. The Balaban J connectivity index is 1.32. The van der Waals surface area contributed by atoms with E-state index in [0.29, 0.717) is 29.9 Å². The van der Waals surface area contributed by atoms with E-state index in [1.807, 2.05) is 51.9 Å². The number of para-hydroxylation sites is 3. The second kappa shape index (κ2) is 8.70. The quantitative estimate of drug-likeness (QED) is 0.419. The van der Waals surface area contributed by atoms with Gasteiger partial charge in [-0.25, -0.2) is 0 Å². The average Bonchev–Trinajstić information content (AvgIpc) is 3.37. The molecule has 0 unspecified atom stereocenters. The van der Waals surface area contributed by atoms with Crippen LogP contribution in [0.25, 0.3) is 0 Å². The Labute approximate surface area is 191 Å². The van der Waals surface area contributed by atoms with Crippen LogP contribution in [0.4, 0.5) is 5.69 Å². The number of anilines is 1. The summed E-state index contributed by atoms with van der Waals surface area (Å²) in [5.74, 6) is 2.41. The molecule has 0 saturated heterocycles. The number of hydrogen-bond donors (Lipinski definition) is 0. The molecule has 1 aromatic heterocycles. The Morgan fingerprint density at radius 2 is 1.97 bits per heavy atom. The van der Waals surface area contributed by atoms with Gasteiger partial charge in [0.2, 0.25) is 5.91 Å². The first-order valence-electron chi connectivity index (χ1n) is 10.6. The van der Waals surface area contributed by atoms with E-state index in [9.17, 15) is 4.79 Å². The van der Waals surface area contributed by atoms with Gasteiger partial charge >= 0.3 is 0 Å². The van der Waals surface area contributed by atoms with E-state index in [1.165, 1.54) is 17.3 Å². The SMILES string of the molecule is C=CCn1c(SCC(=O)N2c3ccccc3C[C@H]2C)nnc1[C@@H]1COc2ccccc2O1. The lowest BCUT2D eigenvalue weighted by molar-refractivity contribution is -0.116. The molecule has 0 saturated carbocycles. The largest absolute Gasteiger partial charge is 0.485 e. The summed E-state index contributed by atoms with van der Waals surface area (Å²) in [6.45, 7) is 6.80. The van der Waals surface area contributed by atoms with Gasteiger partial charge in [0.15, 0.2) is 28.6 Å². The minimum atomic E-state index is -0.382. The van der Waals surface area contributed by atoms with E-state index < -0.39 is 0 Å². The number of nitrogens with zero attached hydrogens (tertiary/aromatic N) is 4. The maximum Gasteiger partial charge on any atom is 0.237 e. The van der Waals surface area contributed by atoms with E-state index in [1.54, 1.807) is 6.08 Å². The van der Waals surface area contributed by atoms with Crippen molar-refractivity contribution in [2.45, 2.75) is 37.2 Å². The van der Waals surface area contributed by atoms with Crippen LogP contribution in [0.1, 0.15) is 24.4 Å². The standard InChI is InChI=1S/C24H24N4O3S/c1-3-12-27-23(21-14-30-19-10-6-7-11-20(19)31-21)25-26-24(27)32-15-22(29)28-16(2)13-17-8-4-5-9-18(17)28/h3-11,16,21H,1,12-15H2,2H3/t16-,21+/m1/s1. The summed E-state index contributed by atoms with van der Waals surface area (Å²) in [7, 11) is 0. The molecule has 2 aliphatic heterocycles. The lowest BCUT2D eigenvalue weighted by Gasteiger charge is -2.26.